The van der Waals surface area contributed by atoms with Crippen molar-refractivity contribution in [2.24, 2.45) is 0 Å². The Morgan fingerprint density at radius 1 is 0.738 bits per heavy atom. The van der Waals surface area contributed by atoms with Crippen molar-refractivity contribution in [3.8, 4) is 0 Å². The van der Waals surface area contributed by atoms with Gasteiger partial charge in [0.2, 0.25) is 5.91 Å². The number of thiocarbonyl (C=S) groups is 1. The van der Waals surface area contributed by atoms with Crippen LogP contribution in [0.25, 0.3) is 0 Å². The number of hydrogen-bond donors (Lipinski definition) is 4. The Morgan fingerprint density at radius 2 is 1.29 bits per heavy atom. The molecule has 3 aromatic rings. The third-order valence-corrected chi connectivity index (χ3v) is 7.65. The van der Waals surface area contributed by atoms with Crippen LogP contribution in [0.1, 0.15) is 46.2 Å². The molecular formula is C30H28F6N4OS. The number of nitrogens with one attached hydrogen (secondary N) is 4. The zero-order chi connectivity index (χ0) is 30.1. The maximum absolute atomic E-state index is 13.3. The molecule has 5 nitrogen and oxygen atoms in total. The molecule has 1 amide bonds. The molecule has 0 radical (unpaired) electrons. The lowest BCUT2D eigenvalue weighted by molar-refractivity contribution is -0.143. The summed E-state index contributed by atoms with van der Waals surface area (Å²) in [4.78, 5) is 12.8. The van der Waals surface area contributed by atoms with Gasteiger partial charge in [-0.05, 0) is 110 Å². The predicted octanol–water partition coefficient (Wildman–Crippen LogP) is 7.11. The molecule has 12 heteroatoms. The van der Waals surface area contributed by atoms with Gasteiger partial charge in [-0.25, -0.2) is 0 Å². The quantitative estimate of drug-likeness (QED) is 0.188. The van der Waals surface area contributed by atoms with Crippen molar-refractivity contribution in [1.29, 1.82) is 0 Å². The second kappa shape index (κ2) is 11.9. The Labute approximate surface area is 244 Å². The molecule has 4 bridgehead atoms. The van der Waals surface area contributed by atoms with Gasteiger partial charge in [0.05, 0.1) is 17.2 Å². The summed E-state index contributed by atoms with van der Waals surface area (Å²) < 4.78 is 79.7. The summed E-state index contributed by atoms with van der Waals surface area (Å²) in [6.07, 6.45) is -5.70. The SMILES string of the molecule is O=C(Nc1cc2ccc1CCc1ccc(c(NC(=S)Nc3cc(C(F)(F)F)cc(C(F)(F)F)c3)c1)CC2)[C@@H]1CCCN1. The molecule has 1 fully saturated rings. The van der Waals surface area contributed by atoms with E-state index in [1.54, 1.807) is 0 Å². The number of aryl methyl sites for hydroxylation is 4. The fourth-order valence-corrected chi connectivity index (χ4v) is 5.45. The fourth-order valence-electron chi connectivity index (χ4n) is 5.22. The Kier molecular flexibility index (Phi) is 8.47. The van der Waals surface area contributed by atoms with Gasteiger partial charge in [-0.2, -0.15) is 26.3 Å². The van der Waals surface area contributed by atoms with Crippen LogP contribution >= 0.6 is 12.2 Å². The number of anilines is 3. The molecule has 0 unspecified atom stereocenters. The first-order valence-corrected chi connectivity index (χ1v) is 13.9. The van der Waals surface area contributed by atoms with Gasteiger partial charge in [0.15, 0.2) is 5.11 Å². The van der Waals surface area contributed by atoms with Crippen molar-refractivity contribution in [2.45, 2.75) is 56.9 Å². The molecule has 0 spiro atoms. The van der Waals surface area contributed by atoms with Crippen molar-refractivity contribution >= 4 is 40.3 Å². The van der Waals surface area contributed by atoms with E-state index in [1.165, 1.54) is 0 Å². The summed E-state index contributed by atoms with van der Waals surface area (Å²) in [7, 11) is 0. The molecule has 1 heterocycles. The van der Waals surface area contributed by atoms with E-state index >= 15 is 0 Å². The van der Waals surface area contributed by atoms with Crippen molar-refractivity contribution in [3.63, 3.8) is 0 Å². The smallest absolute Gasteiger partial charge is 0.332 e. The van der Waals surface area contributed by atoms with Gasteiger partial charge in [-0.15, -0.1) is 0 Å². The molecule has 1 saturated heterocycles. The van der Waals surface area contributed by atoms with E-state index in [4.69, 9.17) is 12.2 Å². The van der Waals surface area contributed by atoms with Crippen molar-refractivity contribution in [3.05, 3.63) is 88.0 Å². The third kappa shape index (κ3) is 7.22. The van der Waals surface area contributed by atoms with Gasteiger partial charge < -0.3 is 21.3 Å². The number of rotatable bonds is 4. The fraction of sp³-hybridized carbons (Fsp3) is 0.333. The maximum atomic E-state index is 13.3. The monoisotopic (exact) mass is 606 g/mol. The molecule has 0 saturated carbocycles. The van der Waals surface area contributed by atoms with Gasteiger partial charge >= 0.3 is 12.4 Å². The van der Waals surface area contributed by atoms with Crippen LogP contribution in [0.3, 0.4) is 0 Å². The van der Waals surface area contributed by atoms with Gasteiger partial charge in [0.25, 0.3) is 0 Å². The predicted molar refractivity (Wildman–Crippen MR) is 154 cm³/mol. The standard InChI is InChI=1S/C30H28F6N4OS/c31-29(32,33)21-14-22(30(34,35)36)16-23(15-21)38-28(42)40-26-13-18-4-8-19-7-3-17(5-9-20(26)10-6-18)12-25(19)39-27(41)24-2-1-11-37-24/h3,6-7,10,12-16,24,37H,1-2,4-5,8-9,11H2,(H,39,41)(H2,38,40,42)/t24-/m0/s1. The zero-order valence-electron chi connectivity index (χ0n) is 22.3. The van der Waals surface area contributed by atoms with Crippen LogP contribution < -0.4 is 21.3 Å². The maximum Gasteiger partial charge on any atom is 0.416 e. The molecule has 42 heavy (non-hydrogen) atoms. The Hall–Kier alpha value is -3.64. The van der Waals surface area contributed by atoms with Gasteiger partial charge in [0, 0.05) is 17.1 Å². The molecular weight excluding hydrogens is 578 g/mol. The Morgan fingerprint density at radius 3 is 1.79 bits per heavy atom. The average molecular weight is 607 g/mol. The number of halogens is 6. The number of alkyl halides is 6. The number of hydrogen-bond acceptors (Lipinski definition) is 3. The lowest BCUT2D eigenvalue weighted by Crippen LogP contribution is -2.35. The first kappa shape index (κ1) is 29.8. The molecule has 3 aromatic carbocycles. The minimum Gasteiger partial charge on any atom is -0.332 e. The topological polar surface area (TPSA) is 65.2 Å². The third-order valence-electron chi connectivity index (χ3n) is 7.44. The van der Waals surface area contributed by atoms with Gasteiger partial charge in [-0.1, -0.05) is 24.3 Å². The summed E-state index contributed by atoms with van der Waals surface area (Å²) in [6, 6.07) is 12.9. The highest BCUT2D eigenvalue weighted by atomic mass is 32.1. The first-order valence-electron chi connectivity index (χ1n) is 13.5. The van der Waals surface area contributed by atoms with Gasteiger partial charge in [-0.3, -0.25) is 4.79 Å². The van der Waals surface area contributed by atoms with Crippen molar-refractivity contribution in [1.82, 2.24) is 5.32 Å². The summed E-state index contributed by atoms with van der Waals surface area (Å²) in [5.41, 5.74) is 1.94. The number of amides is 1. The van der Waals surface area contributed by atoms with E-state index in [1.807, 2.05) is 36.4 Å². The largest absolute Gasteiger partial charge is 0.416 e. The van der Waals surface area contributed by atoms with Crippen LogP contribution in [0.5, 0.6) is 0 Å². The van der Waals surface area contributed by atoms with Crippen molar-refractivity contribution in [2.75, 3.05) is 22.5 Å². The molecule has 0 aromatic heterocycles. The lowest BCUT2D eigenvalue weighted by Gasteiger charge is -2.20. The van der Waals surface area contributed by atoms with E-state index in [2.05, 4.69) is 21.3 Å². The molecule has 8 rings (SSSR count). The number of carbonyl (C=O) groups excluding carboxylic acids is 1. The van der Waals surface area contributed by atoms with E-state index in [-0.39, 0.29) is 23.1 Å². The second-order valence-electron chi connectivity index (χ2n) is 10.5. The minimum absolute atomic E-state index is 0.0445. The molecule has 5 aliphatic rings. The molecule has 1 aliphatic heterocycles. The van der Waals surface area contributed by atoms with Crippen LogP contribution in [0.4, 0.5) is 43.4 Å². The van der Waals surface area contributed by atoms with Crippen LogP contribution in [0, 0.1) is 0 Å². The average Bonchev–Trinajstić information content (AvgIpc) is 3.45. The summed E-state index contributed by atoms with van der Waals surface area (Å²) >= 11 is 5.30. The lowest BCUT2D eigenvalue weighted by atomic mass is 9.94. The zero-order valence-corrected chi connectivity index (χ0v) is 23.1. The summed E-state index contributed by atoms with van der Waals surface area (Å²) in [5, 5.41) is 11.6. The van der Waals surface area contributed by atoms with Crippen LogP contribution in [0.15, 0.2) is 54.6 Å². The summed E-state index contributed by atoms with van der Waals surface area (Å²) in [5.74, 6) is -0.0445. The minimum atomic E-state index is -4.97. The van der Waals surface area contributed by atoms with Crippen LogP contribution in [-0.4, -0.2) is 23.6 Å². The summed E-state index contributed by atoms with van der Waals surface area (Å²) in [6.45, 7) is 0.824. The van der Waals surface area contributed by atoms with E-state index in [0.717, 1.165) is 47.3 Å². The van der Waals surface area contributed by atoms with Gasteiger partial charge in [0.1, 0.15) is 0 Å². The number of benzene rings is 3. The molecule has 4 aliphatic carbocycles. The van der Waals surface area contributed by atoms with E-state index in [9.17, 15) is 31.1 Å². The highest BCUT2D eigenvalue weighted by Crippen LogP contribution is 2.37. The Balaban J connectivity index is 1.34. The molecule has 4 N–H and O–H groups in total. The van der Waals surface area contributed by atoms with E-state index < -0.39 is 29.2 Å². The Bertz CT molecular complexity index is 1470. The van der Waals surface area contributed by atoms with Crippen LogP contribution in [0.2, 0.25) is 0 Å². The molecule has 1 atom stereocenters. The van der Waals surface area contributed by atoms with E-state index in [0.29, 0.717) is 43.5 Å². The number of carbonyl (C=O) groups is 1. The highest BCUT2D eigenvalue weighted by Gasteiger charge is 2.37. The van der Waals surface area contributed by atoms with Crippen molar-refractivity contribution < 1.29 is 31.1 Å². The second-order valence-corrected chi connectivity index (χ2v) is 10.9. The normalized spacial score (nSPS) is 17.0. The highest BCUT2D eigenvalue weighted by molar-refractivity contribution is 7.80. The first-order chi connectivity index (χ1) is 19.8. The molecule has 222 valence electrons. The van der Waals surface area contributed by atoms with Crippen LogP contribution in [-0.2, 0) is 42.8 Å².